The van der Waals surface area contributed by atoms with Crippen molar-refractivity contribution < 1.29 is 14.6 Å². The van der Waals surface area contributed by atoms with Crippen molar-refractivity contribution >= 4 is 0 Å². The molecule has 2 N–H and O–H groups in total. The van der Waals surface area contributed by atoms with Crippen LogP contribution in [0.15, 0.2) is 18.2 Å². The molecule has 1 aromatic rings. The fourth-order valence-corrected chi connectivity index (χ4v) is 2.68. The van der Waals surface area contributed by atoms with Crippen LogP contribution in [0.25, 0.3) is 0 Å². The molecule has 1 saturated carbocycles. The highest BCUT2D eigenvalue weighted by molar-refractivity contribution is 5.40. The van der Waals surface area contributed by atoms with Crippen LogP contribution in [-0.2, 0) is 6.54 Å². The molecule has 20 heavy (non-hydrogen) atoms. The second-order valence-corrected chi connectivity index (χ2v) is 5.37. The van der Waals surface area contributed by atoms with E-state index < -0.39 is 0 Å². The smallest absolute Gasteiger partial charge is 0.124 e. The maximum absolute atomic E-state index is 10.2. The molecule has 0 bridgehead atoms. The van der Waals surface area contributed by atoms with Gasteiger partial charge in [-0.15, -0.1) is 0 Å². The summed E-state index contributed by atoms with van der Waals surface area (Å²) in [4.78, 5) is 0. The lowest BCUT2D eigenvalue weighted by atomic mass is 10.1. The fourth-order valence-electron chi connectivity index (χ4n) is 2.68. The first-order valence-electron chi connectivity index (χ1n) is 7.41. The molecule has 2 unspecified atom stereocenters. The number of ether oxygens (including phenoxy) is 2. The third-order valence-corrected chi connectivity index (χ3v) is 3.83. The van der Waals surface area contributed by atoms with E-state index in [1.807, 2.05) is 25.2 Å². The molecule has 0 spiro atoms. The average molecular weight is 279 g/mol. The highest BCUT2D eigenvalue weighted by Crippen LogP contribution is 2.28. The normalized spacial score (nSPS) is 23.1. The number of aliphatic hydroxyl groups excluding tert-OH is 1. The van der Waals surface area contributed by atoms with Crippen LogP contribution in [0.5, 0.6) is 11.5 Å². The van der Waals surface area contributed by atoms with E-state index in [1.54, 1.807) is 7.11 Å². The highest BCUT2D eigenvalue weighted by atomic mass is 16.5. The summed E-state index contributed by atoms with van der Waals surface area (Å²) in [6.45, 7) is 0.718. The predicted octanol–water partition coefficient (Wildman–Crippen LogP) is 2.49. The van der Waals surface area contributed by atoms with Gasteiger partial charge < -0.3 is 19.9 Å². The number of rotatable bonds is 5. The predicted molar refractivity (Wildman–Crippen MR) is 79.3 cm³/mol. The van der Waals surface area contributed by atoms with Gasteiger partial charge in [0.25, 0.3) is 0 Å². The van der Waals surface area contributed by atoms with Gasteiger partial charge in [-0.2, -0.15) is 0 Å². The molecule has 1 aromatic carbocycles. The molecule has 0 saturated heterocycles. The van der Waals surface area contributed by atoms with Gasteiger partial charge in [-0.25, -0.2) is 0 Å². The van der Waals surface area contributed by atoms with Gasteiger partial charge in [-0.05, 0) is 44.5 Å². The van der Waals surface area contributed by atoms with Crippen molar-refractivity contribution in [1.82, 2.24) is 5.32 Å². The number of aliphatic hydroxyl groups is 1. The maximum atomic E-state index is 10.2. The summed E-state index contributed by atoms with van der Waals surface area (Å²) in [7, 11) is 3.57. The van der Waals surface area contributed by atoms with Crippen molar-refractivity contribution in [2.75, 3.05) is 14.2 Å². The number of hydrogen-bond donors (Lipinski definition) is 2. The Morgan fingerprint density at radius 2 is 2.05 bits per heavy atom. The Hall–Kier alpha value is -1.26. The molecule has 2 rings (SSSR count). The molecule has 1 fully saturated rings. The average Bonchev–Trinajstić information content (AvgIpc) is 2.66. The molecule has 4 heteroatoms. The molecule has 0 aromatic heterocycles. The zero-order valence-electron chi connectivity index (χ0n) is 12.4. The molecule has 1 aliphatic rings. The van der Waals surface area contributed by atoms with E-state index in [0.29, 0.717) is 0 Å². The second kappa shape index (κ2) is 7.50. The lowest BCUT2D eigenvalue weighted by Crippen LogP contribution is -2.31. The van der Waals surface area contributed by atoms with Crippen LogP contribution in [0.4, 0.5) is 0 Å². The van der Waals surface area contributed by atoms with E-state index >= 15 is 0 Å². The molecule has 0 amide bonds. The topological polar surface area (TPSA) is 50.7 Å². The Bertz CT molecular complexity index is 422. The van der Waals surface area contributed by atoms with Crippen LogP contribution < -0.4 is 14.8 Å². The van der Waals surface area contributed by atoms with E-state index in [1.165, 1.54) is 6.42 Å². The first-order valence-corrected chi connectivity index (χ1v) is 7.41. The Labute approximate surface area is 121 Å². The van der Waals surface area contributed by atoms with E-state index in [0.717, 1.165) is 49.3 Å². The molecule has 112 valence electrons. The number of hydrogen-bond acceptors (Lipinski definition) is 4. The minimum absolute atomic E-state index is 0.0958. The maximum Gasteiger partial charge on any atom is 0.124 e. The Morgan fingerprint density at radius 3 is 2.80 bits per heavy atom. The van der Waals surface area contributed by atoms with E-state index in [-0.39, 0.29) is 12.2 Å². The molecule has 0 radical (unpaired) electrons. The molecule has 2 atom stereocenters. The van der Waals surface area contributed by atoms with Crippen LogP contribution in [0, 0.1) is 0 Å². The molecule has 0 aliphatic heterocycles. The van der Waals surface area contributed by atoms with Crippen molar-refractivity contribution in [1.29, 1.82) is 0 Å². The summed E-state index contributed by atoms with van der Waals surface area (Å²) in [5, 5.41) is 13.3. The minimum atomic E-state index is -0.359. The lowest BCUT2D eigenvalue weighted by molar-refractivity contribution is 0.0313. The summed E-state index contributed by atoms with van der Waals surface area (Å²) >= 11 is 0. The second-order valence-electron chi connectivity index (χ2n) is 5.37. The largest absolute Gasteiger partial charge is 0.497 e. The van der Waals surface area contributed by atoms with Gasteiger partial charge in [0.15, 0.2) is 0 Å². The first kappa shape index (κ1) is 15.1. The zero-order chi connectivity index (χ0) is 14.4. The van der Waals surface area contributed by atoms with Crippen molar-refractivity contribution in [2.45, 2.75) is 50.9 Å². The van der Waals surface area contributed by atoms with E-state index in [2.05, 4.69) is 5.32 Å². The number of methoxy groups -OCH3 is 1. The quantitative estimate of drug-likeness (QED) is 0.813. The van der Waals surface area contributed by atoms with Gasteiger partial charge in [0.05, 0.1) is 13.2 Å². The summed E-state index contributed by atoms with van der Waals surface area (Å²) in [5.74, 6) is 1.66. The standard InChI is InChI=1S/C16H25NO3/c1-17-11-12-10-13(19-2)8-9-15(12)20-16-7-5-3-4-6-14(16)18/h8-10,14,16-18H,3-7,11H2,1-2H3. The summed E-state index contributed by atoms with van der Waals surface area (Å²) in [6.07, 6.45) is 4.70. The number of benzene rings is 1. The van der Waals surface area contributed by atoms with Crippen LogP contribution in [0.2, 0.25) is 0 Å². The van der Waals surface area contributed by atoms with Gasteiger partial charge >= 0.3 is 0 Å². The third-order valence-electron chi connectivity index (χ3n) is 3.83. The van der Waals surface area contributed by atoms with Crippen LogP contribution in [0.1, 0.15) is 37.7 Å². The van der Waals surface area contributed by atoms with Crippen molar-refractivity contribution in [2.24, 2.45) is 0 Å². The first-order chi connectivity index (χ1) is 9.74. The van der Waals surface area contributed by atoms with Crippen LogP contribution in [0.3, 0.4) is 0 Å². The lowest BCUT2D eigenvalue weighted by Gasteiger charge is -2.23. The van der Waals surface area contributed by atoms with Crippen molar-refractivity contribution in [3.8, 4) is 11.5 Å². The SMILES string of the molecule is CNCc1cc(OC)ccc1OC1CCCCCC1O. The van der Waals surface area contributed by atoms with Crippen molar-refractivity contribution in [3.63, 3.8) is 0 Å². The molecular weight excluding hydrogens is 254 g/mol. The monoisotopic (exact) mass is 279 g/mol. The summed E-state index contributed by atoms with van der Waals surface area (Å²) in [5.41, 5.74) is 1.06. The van der Waals surface area contributed by atoms with E-state index in [9.17, 15) is 5.11 Å². The summed E-state index contributed by atoms with van der Waals surface area (Å²) < 4.78 is 11.3. The molecule has 1 aliphatic carbocycles. The van der Waals surface area contributed by atoms with Gasteiger partial charge in [0.2, 0.25) is 0 Å². The van der Waals surface area contributed by atoms with Crippen molar-refractivity contribution in [3.05, 3.63) is 23.8 Å². The number of nitrogens with one attached hydrogen (secondary N) is 1. The zero-order valence-corrected chi connectivity index (χ0v) is 12.4. The van der Waals surface area contributed by atoms with Gasteiger partial charge in [0, 0.05) is 12.1 Å². The van der Waals surface area contributed by atoms with Gasteiger partial charge in [-0.3, -0.25) is 0 Å². The molecule has 0 heterocycles. The highest BCUT2D eigenvalue weighted by Gasteiger charge is 2.24. The molecular formula is C16H25NO3. The Morgan fingerprint density at radius 1 is 1.25 bits per heavy atom. The van der Waals surface area contributed by atoms with Gasteiger partial charge in [0.1, 0.15) is 17.6 Å². The fraction of sp³-hybridized carbons (Fsp3) is 0.625. The minimum Gasteiger partial charge on any atom is -0.497 e. The van der Waals surface area contributed by atoms with Crippen LogP contribution >= 0.6 is 0 Å². The molecule has 4 nitrogen and oxygen atoms in total. The Kier molecular flexibility index (Phi) is 5.68. The third kappa shape index (κ3) is 3.87. The van der Waals surface area contributed by atoms with Crippen LogP contribution in [-0.4, -0.2) is 31.5 Å². The summed E-state index contributed by atoms with van der Waals surface area (Å²) in [6, 6.07) is 5.82. The van der Waals surface area contributed by atoms with Gasteiger partial charge in [-0.1, -0.05) is 12.8 Å². The van der Waals surface area contributed by atoms with E-state index in [4.69, 9.17) is 9.47 Å². The Balaban J connectivity index is 2.14.